The Bertz CT molecular complexity index is 605. The molecule has 5 heteroatoms. The number of nitrogens with one attached hydrogen (secondary N) is 1. The molecule has 0 aliphatic heterocycles. The molecule has 0 saturated carbocycles. The number of methoxy groups -OCH3 is 2. The number of hydrogen-bond donors (Lipinski definition) is 1. The average molecular weight is 275 g/mol. The Morgan fingerprint density at radius 2 is 1.95 bits per heavy atom. The Morgan fingerprint density at radius 1 is 1.20 bits per heavy atom. The molecule has 0 aliphatic carbocycles. The number of rotatable bonds is 5. The quantitative estimate of drug-likeness (QED) is 0.911. The molecule has 0 aliphatic rings. The van der Waals surface area contributed by atoms with Gasteiger partial charge in [-0.3, -0.25) is 4.68 Å². The van der Waals surface area contributed by atoms with Crippen LogP contribution in [-0.2, 0) is 13.6 Å². The minimum absolute atomic E-state index is 0.703. The molecule has 1 aromatic carbocycles. The Labute approximate surface area is 119 Å². The lowest BCUT2D eigenvalue weighted by Crippen LogP contribution is -2.04. The summed E-state index contributed by atoms with van der Waals surface area (Å²) in [6.07, 6.45) is 0. The van der Waals surface area contributed by atoms with E-state index < -0.39 is 0 Å². The van der Waals surface area contributed by atoms with E-state index in [0.29, 0.717) is 6.54 Å². The van der Waals surface area contributed by atoms with Crippen LogP contribution in [0.5, 0.6) is 11.5 Å². The third-order valence-electron chi connectivity index (χ3n) is 3.52. The highest BCUT2D eigenvalue weighted by Crippen LogP contribution is 2.29. The summed E-state index contributed by atoms with van der Waals surface area (Å²) in [7, 11) is 5.27. The number of aromatic nitrogens is 2. The molecule has 2 rings (SSSR count). The molecule has 108 valence electrons. The smallest absolute Gasteiger partial charge is 0.142 e. The molecule has 0 unspecified atom stereocenters. The van der Waals surface area contributed by atoms with Crippen molar-refractivity contribution in [2.45, 2.75) is 20.4 Å². The van der Waals surface area contributed by atoms with Gasteiger partial charge < -0.3 is 14.8 Å². The molecular weight excluding hydrogens is 254 g/mol. The fourth-order valence-corrected chi connectivity index (χ4v) is 2.21. The summed E-state index contributed by atoms with van der Waals surface area (Å²) >= 11 is 0. The second-order valence-electron chi connectivity index (χ2n) is 4.69. The molecule has 0 saturated heterocycles. The van der Waals surface area contributed by atoms with Crippen LogP contribution in [0.15, 0.2) is 18.2 Å². The predicted octanol–water partition coefficient (Wildman–Crippen LogP) is 2.67. The molecule has 1 aromatic heterocycles. The molecule has 0 radical (unpaired) electrons. The van der Waals surface area contributed by atoms with Crippen molar-refractivity contribution in [1.29, 1.82) is 0 Å². The Balaban J connectivity index is 2.21. The molecule has 1 heterocycles. The molecule has 1 N–H and O–H groups in total. The van der Waals surface area contributed by atoms with E-state index in [2.05, 4.69) is 17.3 Å². The van der Waals surface area contributed by atoms with Crippen molar-refractivity contribution in [1.82, 2.24) is 9.78 Å². The summed E-state index contributed by atoms with van der Waals surface area (Å²) in [5, 5.41) is 7.81. The van der Waals surface area contributed by atoms with E-state index in [9.17, 15) is 0 Å². The third kappa shape index (κ3) is 2.71. The first-order chi connectivity index (χ1) is 9.56. The van der Waals surface area contributed by atoms with Crippen LogP contribution < -0.4 is 14.8 Å². The van der Waals surface area contributed by atoms with Gasteiger partial charge in [-0.1, -0.05) is 0 Å². The maximum absolute atomic E-state index is 5.36. The lowest BCUT2D eigenvalue weighted by atomic mass is 10.2. The molecule has 0 bridgehead atoms. The number of anilines is 1. The van der Waals surface area contributed by atoms with E-state index in [4.69, 9.17) is 9.47 Å². The van der Waals surface area contributed by atoms with Gasteiger partial charge in [0.1, 0.15) is 11.5 Å². The Hall–Kier alpha value is -2.17. The second kappa shape index (κ2) is 5.86. The van der Waals surface area contributed by atoms with Crippen LogP contribution in [0, 0.1) is 13.8 Å². The third-order valence-corrected chi connectivity index (χ3v) is 3.52. The van der Waals surface area contributed by atoms with Crippen molar-refractivity contribution < 1.29 is 9.47 Å². The highest BCUT2D eigenvalue weighted by molar-refractivity contribution is 5.60. The second-order valence-corrected chi connectivity index (χ2v) is 4.69. The van der Waals surface area contributed by atoms with Crippen LogP contribution in [0.3, 0.4) is 0 Å². The van der Waals surface area contributed by atoms with Crippen LogP contribution in [0.2, 0.25) is 0 Å². The van der Waals surface area contributed by atoms with Gasteiger partial charge in [0, 0.05) is 30.9 Å². The topological polar surface area (TPSA) is 48.3 Å². The molecule has 0 atom stereocenters. The van der Waals surface area contributed by atoms with Crippen molar-refractivity contribution in [2.75, 3.05) is 19.5 Å². The zero-order valence-electron chi connectivity index (χ0n) is 12.7. The number of hydrogen-bond acceptors (Lipinski definition) is 4. The van der Waals surface area contributed by atoms with Gasteiger partial charge in [0.25, 0.3) is 0 Å². The van der Waals surface area contributed by atoms with Crippen molar-refractivity contribution in [2.24, 2.45) is 7.05 Å². The Kier molecular flexibility index (Phi) is 4.17. The largest absolute Gasteiger partial charge is 0.497 e. The first-order valence-electron chi connectivity index (χ1n) is 6.51. The highest BCUT2D eigenvalue weighted by atomic mass is 16.5. The maximum Gasteiger partial charge on any atom is 0.142 e. The normalized spacial score (nSPS) is 10.4. The van der Waals surface area contributed by atoms with E-state index in [1.165, 1.54) is 5.56 Å². The van der Waals surface area contributed by atoms with E-state index >= 15 is 0 Å². The summed E-state index contributed by atoms with van der Waals surface area (Å²) < 4.78 is 12.5. The summed E-state index contributed by atoms with van der Waals surface area (Å²) in [5.41, 5.74) is 4.32. The molecule has 0 spiro atoms. The van der Waals surface area contributed by atoms with Crippen LogP contribution in [0.25, 0.3) is 0 Å². The van der Waals surface area contributed by atoms with E-state index in [1.807, 2.05) is 36.9 Å². The Morgan fingerprint density at radius 3 is 2.50 bits per heavy atom. The molecule has 2 aromatic rings. The van der Waals surface area contributed by atoms with Gasteiger partial charge in [0.05, 0.1) is 25.6 Å². The van der Waals surface area contributed by atoms with Gasteiger partial charge in [-0.15, -0.1) is 0 Å². The summed E-state index contributed by atoms with van der Waals surface area (Å²) in [4.78, 5) is 0. The predicted molar refractivity (Wildman–Crippen MR) is 79.6 cm³/mol. The van der Waals surface area contributed by atoms with Gasteiger partial charge in [0.2, 0.25) is 0 Å². The fraction of sp³-hybridized carbons (Fsp3) is 0.400. The first kappa shape index (κ1) is 14.2. The summed E-state index contributed by atoms with van der Waals surface area (Å²) in [6.45, 7) is 4.79. The van der Waals surface area contributed by atoms with E-state index in [-0.39, 0.29) is 0 Å². The zero-order valence-corrected chi connectivity index (χ0v) is 12.7. The summed E-state index contributed by atoms with van der Waals surface area (Å²) in [5.74, 6) is 1.60. The van der Waals surface area contributed by atoms with Crippen molar-refractivity contribution in [3.8, 4) is 11.5 Å². The molecule has 0 amide bonds. The SMILES string of the molecule is COc1ccc(OC)c(NCc2c(C)nn(C)c2C)c1. The van der Waals surface area contributed by atoms with Gasteiger partial charge in [-0.2, -0.15) is 5.10 Å². The number of benzene rings is 1. The van der Waals surface area contributed by atoms with Gasteiger partial charge >= 0.3 is 0 Å². The van der Waals surface area contributed by atoms with Crippen LogP contribution >= 0.6 is 0 Å². The molecule has 20 heavy (non-hydrogen) atoms. The lowest BCUT2D eigenvalue weighted by molar-refractivity contribution is 0.404. The van der Waals surface area contributed by atoms with Crippen LogP contribution in [0.1, 0.15) is 17.0 Å². The highest BCUT2D eigenvalue weighted by Gasteiger charge is 2.10. The number of ether oxygens (including phenoxy) is 2. The summed E-state index contributed by atoms with van der Waals surface area (Å²) in [6, 6.07) is 5.70. The number of nitrogens with zero attached hydrogens (tertiary/aromatic N) is 2. The average Bonchev–Trinajstić information content (AvgIpc) is 2.70. The number of aryl methyl sites for hydroxylation is 2. The van der Waals surface area contributed by atoms with Crippen molar-refractivity contribution >= 4 is 5.69 Å². The van der Waals surface area contributed by atoms with Crippen LogP contribution in [-0.4, -0.2) is 24.0 Å². The monoisotopic (exact) mass is 275 g/mol. The van der Waals surface area contributed by atoms with E-state index in [0.717, 1.165) is 28.6 Å². The minimum Gasteiger partial charge on any atom is -0.497 e. The fourth-order valence-electron chi connectivity index (χ4n) is 2.21. The van der Waals surface area contributed by atoms with Crippen molar-refractivity contribution in [3.05, 3.63) is 35.2 Å². The standard InChI is InChI=1S/C15H21N3O2/c1-10-13(11(2)18(3)17-10)9-16-14-8-12(19-4)6-7-15(14)20-5/h6-8,16H,9H2,1-5H3. The molecular formula is C15H21N3O2. The van der Waals surface area contributed by atoms with E-state index in [1.54, 1.807) is 14.2 Å². The maximum atomic E-state index is 5.36. The molecule has 5 nitrogen and oxygen atoms in total. The van der Waals surface area contributed by atoms with Gasteiger partial charge in [-0.25, -0.2) is 0 Å². The first-order valence-corrected chi connectivity index (χ1v) is 6.51. The minimum atomic E-state index is 0.703. The van der Waals surface area contributed by atoms with Crippen LogP contribution in [0.4, 0.5) is 5.69 Å². The molecule has 0 fully saturated rings. The van der Waals surface area contributed by atoms with Gasteiger partial charge in [0.15, 0.2) is 0 Å². The van der Waals surface area contributed by atoms with Gasteiger partial charge in [-0.05, 0) is 26.0 Å². The zero-order chi connectivity index (χ0) is 14.7. The van der Waals surface area contributed by atoms with Crippen molar-refractivity contribution in [3.63, 3.8) is 0 Å². The lowest BCUT2D eigenvalue weighted by Gasteiger charge is -2.13.